The fourth-order valence-electron chi connectivity index (χ4n) is 3.20. The van der Waals surface area contributed by atoms with Gasteiger partial charge in [0.25, 0.3) is 6.43 Å². The number of H-pyrrole nitrogens is 1. The molecule has 4 aromatic rings. The Bertz CT molecular complexity index is 1530. The van der Waals surface area contributed by atoms with Crippen molar-refractivity contribution in [3.8, 4) is 0 Å². The number of aryl methyl sites for hydroxylation is 2. The van der Waals surface area contributed by atoms with Gasteiger partial charge in [0.15, 0.2) is 11.5 Å². The van der Waals surface area contributed by atoms with E-state index in [0.29, 0.717) is 27.9 Å². The van der Waals surface area contributed by atoms with E-state index in [-0.39, 0.29) is 22.7 Å². The van der Waals surface area contributed by atoms with Gasteiger partial charge >= 0.3 is 0 Å². The molecule has 0 fully saturated rings. The number of aromatic nitrogens is 5. The number of nitrogens with one attached hydrogen (secondary N) is 3. The van der Waals surface area contributed by atoms with E-state index in [1.54, 1.807) is 25.1 Å². The smallest absolute Gasteiger partial charge is 0.295 e. The molecule has 0 saturated heterocycles. The first-order valence-electron chi connectivity index (χ1n) is 10.2. The Balaban J connectivity index is 1.83. The molecular weight excluding hydrogens is 502 g/mol. The largest absolute Gasteiger partial charge is 0.352 e. The van der Waals surface area contributed by atoms with Crippen molar-refractivity contribution >= 4 is 61.5 Å². The summed E-state index contributed by atoms with van der Waals surface area (Å²) in [4.78, 5) is 19.5. The predicted molar refractivity (Wildman–Crippen MR) is 132 cm³/mol. The summed E-state index contributed by atoms with van der Waals surface area (Å²) in [6, 6.07) is 6.17. The summed E-state index contributed by atoms with van der Waals surface area (Å²) in [5.41, 5.74) is 2.61. The van der Waals surface area contributed by atoms with Crippen molar-refractivity contribution in [3.05, 3.63) is 52.7 Å². The van der Waals surface area contributed by atoms with Crippen LogP contribution in [0.1, 0.15) is 23.6 Å². The highest BCUT2D eigenvalue weighted by Gasteiger charge is 2.20. The molecule has 0 amide bonds. The van der Waals surface area contributed by atoms with Crippen LogP contribution in [0.3, 0.4) is 0 Å². The van der Waals surface area contributed by atoms with E-state index in [1.807, 2.05) is 6.92 Å². The molecule has 14 heteroatoms. The third-order valence-electron chi connectivity index (χ3n) is 5.19. The molecule has 0 unspecified atom stereocenters. The van der Waals surface area contributed by atoms with Crippen LogP contribution in [0.15, 0.2) is 30.5 Å². The van der Waals surface area contributed by atoms with Gasteiger partial charge in [0.05, 0.1) is 40.9 Å². The zero-order valence-corrected chi connectivity index (χ0v) is 20.6. The van der Waals surface area contributed by atoms with Gasteiger partial charge < -0.3 is 15.6 Å². The molecule has 1 aromatic carbocycles. The Hall–Kier alpha value is -3.58. The number of alkyl halides is 2. The summed E-state index contributed by atoms with van der Waals surface area (Å²) in [7, 11) is -2.24. The lowest BCUT2D eigenvalue weighted by atomic mass is 10.2. The summed E-state index contributed by atoms with van der Waals surface area (Å²) in [5.74, 6) is 0.126. The van der Waals surface area contributed by atoms with E-state index in [4.69, 9.17) is 11.6 Å². The quantitative estimate of drug-likeness (QED) is 0.314. The maximum Gasteiger partial charge on any atom is 0.295 e. The van der Waals surface area contributed by atoms with E-state index in [9.17, 15) is 17.2 Å². The van der Waals surface area contributed by atoms with Crippen molar-refractivity contribution in [2.24, 2.45) is 0 Å². The molecular formula is C21H21ClF2N8O2S. The third-order valence-corrected chi connectivity index (χ3v) is 6.62. The SMILES string of the molecule is Cc1ncc(Nc2cc(Nc3ccc(Cl)cc3N(C)S(C)(=O)=O)c3nc(C(F)F)[nH]c3n2)nc1C. The lowest BCUT2D eigenvalue weighted by Crippen LogP contribution is -2.25. The monoisotopic (exact) mass is 522 g/mol. The van der Waals surface area contributed by atoms with Crippen LogP contribution in [0.2, 0.25) is 5.02 Å². The molecule has 3 aromatic heterocycles. The highest BCUT2D eigenvalue weighted by Crippen LogP contribution is 2.35. The van der Waals surface area contributed by atoms with Crippen LogP contribution >= 0.6 is 11.6 Å². The normalized spacial score (nSPS) is 11.8. The maximum atomic E-state index is 13.4. The number of sulfonamides is 1. The van der Waals surface area contributed by atoms with E-state index >= 15 is 0 Å². The molecule has 0 radical (unpaired) electrons. The number of nitrogens with zero attached hydrogens (tertiary/aromatic N) is 5. The fraction of sp³-hybridized carbons (Fsp3) is 0.238. The standard InChI is InChI=1S/C21H21ClF2N8O2S/c1-10-11(2)26-17(9-25-10)28-16-8-14(18-20(29-16)31-21(30-18)19(23)24)27-13-6-5-12(22)7-15(13)32(3)35(4,33)34/h5-9,19H,1-4H3,(H3,26,27,28,29,30,31). The van der Waals surface area contributed by atoms with Crippen molar-refractivity contribution < 1.29 is 17.2 Å². The zero-order valence-electron chi connectivity index (χ0n) is 19.1. The molecule has 0 spiro atoms. The molecule has 184 valence electrons. The molecule has 3 N–H and O–H groups in total. The van der Waals surface area contributed by atoms with Crippen LogP contribution in [0.4, 0.5) is 37.5 Å². The van der Waals surface area contributed by atoms with Crippen LogP contribution in [0.5, 0.6) is 0 Å². The number of halogens is 3. The first-order valence-corrected chi connectivity index (χ1v) is 12.4. The van der Waals surface area contributed by atoms with Crippen LogP contribution in [-0.4, -0.2) is 46.6 Å². The molecule has 3 heterocycles. The Morgan fingerprint density at radius 1 is 1.03 bits per heavy atom. The molecule has 0 aliphatic carbocycles. The van der Waals surface area contributed by atoms with E-state index in [0.717, 1.165) is 16.3 Å². The van der Waals surface area contributed by atoms with Crippen LogP contribution in [0.25, 0.3) is 11.2 Å². The van der Waals surface area contributed by atoms with Crippen LogP contribution in [0, 0.1) is 13.8 Å². The second-order valence-corrected chi connectivity index (χ2v) is 10.2. The Labute approximate surface area is 204 Å². The lowest BCUT2D eigenvalue weighted by Gasteiger charge is -2.21. The van der Waals surface area contributed by atoms with Gasteiger partial charge in [0.1, 0.15) is 17.2 Å². The minimum atomic E-state index is -3.62. The van der Waals surface area contributed by atoms with Gasteiger partial charge in [-0.1, -0.05) is 11.6 Å². The molecule has 10 nitrogen and oxygen atoms in total. The summed E-state index contributed by atoms with van der Waals surface area (Å²) in [6.45, 7) is 3.63. The average Bonchev–Trinajstić information content (AvgIpc) is 3.21. The van der Waals surface area contributed by atoms with E-state index < -0.39 is 22.3 Å². The number of fused-ring (bicyclic) bond motifs is 1. The van der Waals surface area contributed by atoms with Gasteiger partial charge in [-0.05, 0) is 32.0 Å². The van der Waals surface area contributed by atoms with Gasteiger partial charge in [0, 0.05) is 18.1 Å². The molecule has 4 rings (SSSR count). The number of rotatable bonds is 7. The summed E-state index contributed by atoms with van der Waals surface area (Å²) >= 11 is 6.10. The molecule has 0 atom stereocenters. The Morgan fingerprint density at radius 2 is 1.77 bits per heavy atom. The van der Waals surface area contributed by atoms with E-state index in [2.05, 4.69) is 35.6 Å². The minimum absolute atomic E-state index is 0.0940. The topological polar surface area (TPSA) is 129 Å². The highest BCUT2D eigenvalue weighted by molar-refractivity contribution is 7.92. The van der Waals surface area contributed by atoms with Crippen molar-refractivity contribution in [1.29, 1.82) is 0 Å². The highest BCUT2D eigenvalue weighted by atomic mass is 35.5. The predicted octanol–water partition coefficient (Wildman–Crippen LogP) is 4.84. The number of hydrogen-bond donors (Lipinski definition) is 3. The second kappa shape index (κ2) is 9.23. The molecule has 0 aliphatic heterocycles. The molecule has 0 aliphatic rings. The number of pyridine rings is 1. The van der Waals surface area contributed by atoms with Crippen molar-refractivity contribution in [2.75, 3.05) is 28.2 Å². The fourth-order valence-corrected chi connectivity index (χ4v) is 3.87. The second-order valence-electron chi connectivity index (χ2n) is 7.74. The Morgan fingerprint density at radius 3 is 2.43 bits per heavy atom. The van der Waals surface area contributed by atoms with Crippen molar-refractivity contribution in [2.45, 2.75) is 20.3 Å². The minimum Gasteiger partial charge on any atom is -0.352 e. The summed E-state index contributed by atoms with van der Waals surface area (Å²) in [6.07, 6.45) is -0.268. The first-order chi connectivity index (χ1) is 16.4. The zero-order chi connectivity index (χ0) is 25.5. The van der Waals surface area contributed by atoms with Gasteiger partial charge in [-0.25, -0.2) is 32.2 Å². The van der Waals surface area contributed by atoms with Gasteiger partial charge in [-0.15, -0.1) is 0 Å². The molecule has 0 saturated carbocycles. The van der Waals surface area contributed by atoms with E-state index in [1.165, 1.54) is 19.3 Å². The first kappa shape index (κ1) is 24.5. The summed E-state index contributed by atoms with van der Waals surface area (Å²) in [5, 5.41) is 6.41. The third kappa shape index (κ3) is 5.25. The molecule has 0 bridgehead atoms. The van der Waals surface area contributed by atoms with Gasteiger partial charge in [-0.2, -0.15) is 0 Å². The number of anilines is 5. The number of benzene rings is 1. The number of aromatic amines is 1. The summed E-state index contributed by atoms with van der Waals surface area (Å²) < 4.78 is 52.1. The lowest BCUT2D eigenvalue weighted by molar-refractivity contribution is 0.142. The van der Waals surface area contributed by atoms with Gasteiger partial charge in [0.2, 0.25) is 10.0 Å². The average molecular weight is 523 g/mol. The number of hydrogen-bond acceptors (Lipinski definition) is 8. The Kier molecular flexibility index (Phi) is 6.47. The van der Waals surface area contributed by atoms with Crippen LogP contribution in [-0.2, 0) is 10.0 Å². The van der Waals surface area contributed by atoms with Gasteiger partial charge in [-0.3, -0.25) is 9.29 Å². The number of imidazole rings is 1. The maximum absolute atomic E-state index is 13.4. The van der Waals surface area contributed by atoms with Crippen molar-refractivity contribution in [1.82, 2.24) is 24.9 Å². The van der Waals surface area contributed by atoms with Crippen molar-refractivity contribution in [3.63, 3.8) is 0 Å². The molecule has 35 heavy (non-hydrogen) atoms. The van der Waals surface area contributed by atoms with Crippen LogP contribution < -0.4 is 14.9 Å².